The van der Waals surface area contributed by atoms with Gasteiger partial charge in [0.25, 0.3) is 5.69 Å². The smallest absolute Gasteiger partial charge is 0.310 e. The fourth-order valence-electron chi connectivity index (χ4n) is 0.887. The molecule has 0 amide bonds. The van der Waals surface area contributed by atoms with Gasteiger partial charge < -0.3 is 4.52 Å². The Balaban J connectivity index is 2.79. The van der Waals surface area contributed by atoms with E-state index in [0.29, 0.717) is 5.75 Å². The average molecular weight is 216 g/mol. The van der Waals surface area contributed by atoms with Crippen LogP contribution in [0, 0.1) is 10.1 Å². The van der Waals surface area contributed by atoms with Gasteiger partial charge in [-0.15, -0.1) is 0 Å². The zero-order valence-electron chi connectivity index (χ0n) is 7.88. The molecular weight excluding hydrogens is 205 g/mol. The first-order valence-corrected chi connectivity index (χ1v) is 6.45. The summed E-state index contributed by atoms with van der Waals surface area (Å²) in [6.45, 7) is 3.18. The van der Waals surface area contributed by atoms with Crippen molar-refractivity contribution in [1.29, 1.82) is 0 Å². The van der Waals surface area contributed by atoms with E-state index in [9.17, 15) is 15.0 Å². The maximum Gasteiger partial charge on any atom is 0.310 e. The van der Waals surface area contributed by atoms with Crippen molar-refractivity contribution < 1.29 is 14.3 Å². The van der Waals surface area contributed by atoms with Gasteiger partial charge in [0.2, 0.25) is 0 Å². The summed E-state index contributed by atoms with van der Waals surface area (Å²) >= 11 is 0. The van der Waals surface area contributed by atoms with Crippen LogP contribution in [0.5, 0.6) is 5.75 Å². The number of rotatable bonds is 3. The molecule has 0 unspecified atom stereocenters. The van der Waals surface area contributed by atoms with Crippen LogP contribution in [0.3, 0.4) is 0 Å². The van der Waals surface area contributed by atoms with E-state index in [1.807, 2.05) is 0 Å². The summed E-state index contributed by atoms with van der Waals surface area (Å²) in [6.07, 6.45) is 0. The summed E-state index contributed by atoms with van der Waals surface area (Å²) in [5, 5.41) is 10.3. The monoisotopic (exact) mass is 216 g/mol. The standard InChI is InChI=1S/C8H11NO4P/c1-14(2,12)13-8-5-3-7(4-6-8)9(10)11/h3-6,12H,1-2H3/q+1. The Morgan fingerprint density at radius 2 is 1.86 bits per heavy atom. The quantitative estimate of drug-likeness (QED) is 0.477. The van der Waals surface area contributed by atoms with Crippen LogP contribution in [-0.4, -0.2) is 23.1 Å². The van der Waals surface area contributed by atoms with Gasteiger partial charge in [-0.3, -0.25) is 10.1 Å². The molecule has 0 aliphatic heterocycles. The van der Waals surface area contributed by atoms with Gasteiger partial charge in [-0.05, 0) is 12.1 Å². The molecule has 5 nitrogen and oxygen atoms in total. The number of non-ortho nitro benzene ring substituents is 1. The number of hydrogen-bond donors (Lipinski definition) is 1. The normalized spacial score (nSPS) is 11.1. The SMILES string of the molecule is C[P+](C)(O)Oc1ccc([N+](=O)[O-])cc1. The molecule has 0 bridgehead atoms. The Morgan fingerprint density at radius 3 is 2.21 bits per heavy atom. The molecule has 14 heavy (non-hydrogen) atoms. The second kappa shape index (κ2) is 3.90. The van der Waals surface area contributed by atoms with E-state index in [4.69, 9.17) is 4.52 Å². The van der Waals surface area contributed by atoms with Crippen molar-refractivity contribution in [3.05, 3.63) is 34.4 Å². The molecule has 0 saturated carbocycles. The van der Waals surface area contributed by atoms with Crippen LogP contribution in [0.25, 0.3) is 0 Å². The van der Waals surface area contributed by atoms with Crippen molar-refractivity contribution in [2.75, 3.05) is 13.3 Å². The molecule has 1 N–H and O–H groups in total. The molecular formula is C8H11NO4P+. The Labute approximate surface area is 82.0 Å². The van der Waals surface area contributed by atoms with Crippen molar-refractivity contribution in [1.82, 2.24) is 0 Å². The molecule has 0 spiro atoms. The minimum atomic E-state index is -2.35. The van der Waals surface area contributed by atoms with E-state index in [2.05, 4.69) is 0 Å². The van der Waals surface area contributed by atoms with E-state index in [1.54, 1.807) is 13.3 Å². The maximum absolute atomic E-state index is 10.3. The summed E-state index contributed by atoms with van der Waals surface area (Å²) in [5.74, 6) is 0.441. The Kier molecular flexibility index (Phi) is 3.03. The predicted octanol–water partition coefficient (Wildman–Crippen LogP) is 2.07. The average Bonchev–Trinajstić information content (AvgIpc) is 2.02. The Hall–Kier alpha value is -1.19. The Bertz CT molecular complexity index is 330. The first-order valence-electron chi connectivity index (χ1n) is 3.89. The van der Waals surface area contributed by atoms with Gasteiger partial charge >= 0.3 is 7.72 Å². The zero-order valence-corrected chi connectivity index (χ0v) is 8.77. The summed E-state index contributed by atoms with van der Waals surface area (Å²) in [6, 6.07) is 5.61. The molecule has 0 heterocycles. The van der Waals surface area contributed by atoms with E-state index in [0.717, 1.165) is 0 Å². The lowest BCUT2D eigenvalue weighted by Gasteiger charge is -2.08. The first kappa shape index (κ1) is 10.9. The largest absolute Gasteiger partial charge is 0.321 e. The molecule has 1 rings (SSSR count). The van der Waals surface area contributed by atoms with Gasteiger partial charge in [0.15, 0.2) is 5.75 Å². The summed E-state index contributed by atoms with van der Waals surface area (Å²) in [7, 11) is -2.35. The third-order valence-electron chi connectivity index (χ3n) is 1.38. The summed E-state index contributed by atoms with van der Waals surface area (Å²) < 4.78 is 5.18. The highest BCUT2D eigenvalue weighted by atomic mass is 31.2. The third-order valence-corrected chi connectivity index (χ3v) is 2.03. The maximum atomic E-state index is 10.3. The zero-order chi connectivity index (χ0) is 10.8. The van der Waals surface area contributed by atoms with E-state index in [1.165, 1.54) is 24.3 Å². The molecule has 0 saturated heterocycles. The molecule has 0 aromatic heterocycles. The van der Waals surface area contributed by atoms with Crippen molar-refractivity contribution >= 4 is 13.4 Å². The number of hydrogen-bond acceptors (Lipinski definition) is 4. The molecule has 1 aromatic rings. The van der Waals surface area contributed by atoms with Crippen LogP contribution in [0.15, 0.2) is 24.3 Å². The number of nitro benzene ring substituents is 1. The van der Waals surface area contributed by atoms with Crippen LogP contribution in [0.4, 0.5) is 5.69 Å². The van der Waals surface area contributed by atoms with Gasteiger partial charge in [-0.1, -0.05) is 0 Å². The Morgan fingerprint density at radius 1 is 1.36 bits per heavy atom. The fourth-order valence-corrected chi connectivity index (χ4v) is 1.52. The van der Waals surface area contributed by atoms with Crippen LogP contribution in [0.1, 0.15) is 0 Å². The van der Waals surface area contributed by atoms with Crippen molar-refractivity contribution in [3.63, 3.8) is 0 Å². The van der Waals surface area contributed by atoms with Crippen molar-refractivity contribution in [2.45, 2.75) is 0 Å². The van der Waals surface area contributed by atoms with Crippen LogP contribution < -0.4 is 4.52 Å². The van der Waals surface area contributed by atoms with E-state index >= 15 is 0 Å². The van der Waals surface area contributed by atoms with Gasteiger partial charge in [0.05, 0.1) is 4.92 Å². The number of benzene rings is 1. The second-order valence-electron chi connectivity index (χ2n) is 3.14. The fraction of sp³-hybridized carbons (Fsp3) is 0.250. The van der Waals surface area contributed by atoms with E-state index in [-0.39, 0.29) is 5.69 Å². The minimum absolute atomic E-state index is 0.00595. The highest BCUT2D eigenvalue weighted by Gasteiger charge is 2.24. The number of nitrogens with zero attached hydrogens (tertiary/aromatic N) is 1. The van der Waals surface area contributed by atoms with Gasteiger partial charge in [-0.2, -0.15) is 0 Å². The number of nitro groups is 1. The highest BCUT2D eigenvalue weighted by Crippen LogP contribution is 2.47. The topological polar surface area (TPSA) is 72.6 Å². The van der Waals surface area contributed by atoms with Gasteiger partial charge in [-0.25, -0.2) is 4.89 Å². The summed E-state index contributed by atoms with van der Waals surface area (Å²) in [5.41, 5.74) is 0.00595. The van der Waals surface area contributed by atoms with Crippen molar-refractivity contribution in [3.8, 4) is 5.75 Å². The molecule has 76 valence electrons. The molecule has 0 aliphatic carbocycles. The molecule has 0 radical (unpaired) electrons. The molecule has 0 fully saturated rings. The molecule has 0 atom stereocenters. The van der Waals surface area contributed by atoms with Gasteiger partial charge in [0, 0.05) is 12.1 Å². The summed E-state index contributed by atoms with van der Waals surface area (Å²) in [4.78, 5) is 19.2. The minimum Gasteiger partial charge on any atom is -0.321 e. The van der Waals surface area contributed by atoms with E-state index < -0.39 is 12.6 Å². The predicted molar refractivity (Wildman–Crippen MR) is 54.7 cm³/mol. The molecule has 0 aliphatic rings. The first-order chi connectivity index (χ1) is 6.38. The lowest BCUT2D eigenvalue weighted by atomic mass is 10.3. The third kappa shape index (κ3) is 3.28. The molecule has 1 aromatic carbocycles. The molecule has 6 heteroatoms. The highest BCUT2D eigenvalue weighted by molar-refractivity contribution is 7.64. The second-order valence-corrected chi connectivity index (χ2v) is 5.91. The van der Waals surface area contributed by atoms with Crippen LogP contribution in [-0.2, 0) is 0 Å². The van der Waals surface area contributed by atoms with Crippen molar-refractivity contribution in [2.24, 2.45) is 0 Å². The lowest BCUT2D eigenvalue weighted by molar-refractivity contribution is -0.384. The van der Waals surface area contributed by atoms with Gasteiger partial charge in [0.1, 0.15) is 13.3 Å². The lowest BCUT2D eigenvalue weighted by Crippen LogP contribution is -1.96. The van der Waals surface area contributed by atoms with Crippen LogP contribution in [0.2, 0.25) is 0 Å². The van der Waals surface area contributed by atoms with Crippen LogP contribution >= 0.6 is 7.72 Å².